The molecule has 1 aliphatic rings. The molecular weight excluding hydrogens is 216 g/mol. The SMILES string of the molecule is CC(C)C[C@H](CN)CC(=O)N1CCC[C@@H]1CO. The number of likely N-dealkylation sites (tertiary alicyclic amines) is 1. The molecule has 1 heterocycles. The lowest BCUT2D eigenvalue weighted by Crippen LogP contribution is -2.39. The Morgan fingerprint density at radius 2 is 2.24 bits per heavy atom. The molecule has 0 bridgehead atoms. The van der Waals surface area contributed by atoms with Gasteiger partial charge in [-0.25, -0.2) is 0 Å². The zero-order valence-corrected chi connectivity index (χ0v) is 11.1. The van der Waals surface area contributed by atoms with Crippen molar-refractivity contribution in [3.63, 3.8) is 0 Å². The Kier molecular flexibility index (Phi) is 5.92. The third kappa shape index (κ3) is 4.28. The Labute approximate surface area is 104 Å². The Morgan fingerprint density at radius 3 is 2.76 bits per heavy atom. The number of nitrogens with zero attached hydrogens (tertiary/aromatic N) is 1. The molecule has 0 radical (unpaired) electrons. The van der Waals surface area contributed by atoms with E-state index >= 15 is 0 Å². The van der Waals surface area contributed by atoms with Gasteiger partial charge in [-0.2, -0.15) is 0 Å². The predicted molar refractivity (Wildman–Crippen MR) is 68.4 cm³/mol. The van der Waals surface area contributed by atoms with Crippen molar-refractivity contribution in [3.05, 3.63) is 0 Å². The Hall–Kier alpha value is -0.610. The van der Waals surface area contributed by atoms with E-state index in [-0.39, 0.29) is 24.5 Å². The maximum absolute atomic E-state index is 12.1. The molecule has 0 aliphatic carbocycles. The van der Waals surface area contributed by atoms with Crippen molar-refractivity contribution >= 4 is 5.91 Å². The smallest absolute Gasteiger partial charge is 0.223 e. The lowest BCUT2D eigenvalue weighted by atomic mass is 9.93. The summed E-state index contributed by atoms with van der Waals surface area (Å²) in [6, 6.07) is 0.0416. The molecule has 0 saturated carbocycles. The highest BCUT2D eigenvalue weighted by molar-refractivity contribution is 5.77. The molecule has 1 aliphatic heterocycles. The summed E-state index contributed by atoms with van der Waals surface area (Å²) in [5.41, 5.74) is 5.72. The summed E-state index contributed by atoms with van der Waals surface area (Å²) in [6.45, 7) is 5.76. The molecule has 0 spiro atoms. The molecule has 17 heavy (non-hydrogen) atoms. The minimum atomic E-state index is 0.0416. The van der Waals surface area contributed by atoms with Crippen molar-refractivity contribution in [1.29, 1.82) is 0 Å². The van der Waals surface area contributed by atoms with Gasteiger partial charge in [0.25, 0.3) is 0 Å². The lowest BCUT2D eigenvalue weighted by Gasteiger charge is -2.25. The van der Waals surface area contributed by atoms with E-state index in [1.54, 1.807) is 0 Å². The van der Waals surface area contributed by atoms with Gasteiger partial charge in [0, 0.05) is 13.0 Å². The zero-order chi connectivity index (χ0) is 12.8. The van der Waals surface area contributed by atoms with E-state index in [1.807, 2.05) is 4.90 Å². The quantitative estimate of drug-likeness (QED) is 0.729. The fraction of sp³-hybridized carbons (Fsp3) is 0.923. The van der Waals surface area contributed by atoms with E-state index in [0.29, 0.717) is 18.9 Å². The fourth-order valence-corrected chi connectivity index (χ4v) is 2.65. The zero-order valence-electron chi connectivity index (χ0n) is 11.1. The van der Waals surface area contributed by atoms with Crippen LogP contribution in [0.1, 0.15) is 39.5 Å². The number of carbonyl (C=O) groups is 1. The van der Waals surface area contributed by atoms with Gasteiger partial charge in [-0.05, 0) is 37.6 Å². The molecule has 1 saturated heterocycles. The molecule has 3 N–H and O–H groups in total. The molecule has 1 rings (SSSR count). The van der Waals surface area contributed by atoms with Crippen LogP contribution in [0.3, 0.4) is 0 Å². The van der Waals surface area contributed by atoms with Crippen molar-refractivity contribution in [2.45, 2.75) is 45.6 Å². The van der Waals surface area contributed by atoms with E-state index in [9.17, 15) is 9.90 Å². The summed E-state index contributed by atoms with van der Waals surface area (Å²) in [5, 5.41) is 9.20. The Balaban J connectivity index is 2.46. The van der Waals surface area contributed by atoms with Gasteiger partial charge in [-0.15, -0.1) is 0 Å². The molecule has 0 aromatic heterocycles. The lowest BCUT2D eigenvalue weighted by molar-refractivity contribution is -0.133. The van der Waals surface area contributed by atoms with E-state index in [2.05, 4.69) is 13.8 Å². The number of amides is 1. The van der Waals surface area contributed by atoms with Gasteiger partial charge in [0.05, 0.1) is 12.6 Å². The average Bonchev–Trinajstić information content (AvgIpc) is 2.75. The van der Waals surface area contributed by atoms with Crippen LogP contribution >= 0.6 is 0 Å². The minimum absolute atomic E-state index is 0.0416. The van der Waals surface area contributed by atoms with Crippen LogP contribution < -0.4 is 5.73 Å². The second kappa shape index (κ2) is 6.97. The molecule has 0 aromatic rings. The molecule has 1 amide bonds. The first-order chi connectivity index (χ1) is 8.08. The normalized spacial score (nSPS) is 22.2. The molecule has 1 fully saturated rings. The molecule has 0 aromatic carbocycles. The van der Waals surface area contributed by atoms with E-state index < -0.39 is 0 Å². The van der Waals surface area contributed by atoms with E-state index in [0.717, 1.165) is 25.8 Å². The Morgan fingerprint density at radius 1 is 1.53 bits per heavy atom. The van der Waals surface area contributed by atoms with Gasteiger partial charge in [0.2, 0.25) is 5.91 Å². The first-order valence-electron chi connectivity index (χ1n) is 6.68. The monoisotopic (exact) mass is 242 g/mol. The van der Waals surface area contributed by atoms with Crippen LogP contribution in [0.2, 0.25) is 0 Å². The highest BCUT2D eigenvalue weighted by atomic mass is 16.3. The molecule has 0 unspecified atom stereocenters. The van der Waals surface area contributed by atoms with Crippen LogP contribution in [0.4, 0.5) is 0 Å². The summed E-state index contributed by atoms with van der Waals surface area (Å²) >= 11 is 0. The van der Waals surface area contributed by atoms with Gasteiger partial charge < -0.3 is 15.7 Å². The largest absolute Gasteiger partial charge is 0.394 e. The van der Waals surface area contributed by atoms with Crippen LogP contribution in [0.25, 0.3) is 0 Å². The molecule has 4 nitrogen and oxygen atoms in total. The number of hydrogen-bond donors (Lipinski definition) is 2. The first-order valence-corrected chi connectivity index (χ1v) is 6.68. The van der Waals surface area contributed by atoms with Crippen LogP contribution in [-0.2, 0) is 4.79 Å². The van der Waals surface area contributed by atoms with Gasteiger partial charge in [-0.3, -0.25) is 4.79 Å². The third-order valence-corrected chi connectivity index (χ3v) is 3.51. The number of aliphatic hydroxyl groups is 1. The van der Waals surface area contributed by atoms with Crippen molar-refractivity contribution in [3.8, 4) is 0 Å². The summed E-state index contributed by atoms with van der Waals surface area (Å²) < 4.78 is 0. The summed E-state index contributed by atoms with van der Waals surface area (Å²) in [7, 11) is 0. The Bertz CT molecular complexity index is 244. The molecule has 2 atom stereocenters. The number of hydrogen-bond acceptors (Lipinski definition) is 3. The fourth-order valence-electron chi connectivity index (χ4n) is 2.65. The summed E-state index contributed by atoms with van der Waals surface area (Å²) in [5.74, 6) is 1.02. The van der Waals surface area contributed by atoms with Crippen molar-refractivity contribution in [1.82, 2.24) is 4.90 Å². The summed E-state index contributed by atoms with van der Waals surface area (Å²) in [4.78, 5) is 14.0. The first kappa shape index (κ1) is 14.5. The maximum atomic E-state index is 12.1. The topological polar surface area (TPSA) is 66.6 Å². The highest BCUT2D eigenvalue weighted by Gasteiger charge is 2.29. The van der Waals surface area contributed by atoms with Crippen molar-refractivity contribution < 1.29 is 9.90 Å². The molecular formula is C13H26N2O2. The number of carbonyl (C=O) groups excluding carboxylic acids is 1. The second-order valence-corrected chi connectivity index (χ2v) is 5.50. The molecule has 4 heteroatoms. The maximum Gasteiger partial charge on any atom is 0.223 e. The van der Waals surface area contributed by atoms with Crippen LogP contribution in [-0.4, -0.2) is 41.7 Å². The minimum Gasteiger partial charge on any atom is -0.394 e. The van der Waals surface area contributed by atoms with E-state index in [4.69, 9.17) is 5.73 Å². The number of rotatable bonds is 6. The van der Waals surface area contributed by atoms with Crippen LogP contribution in [0.15, 0.2) is 0 Å². The van der Waals surface area contributed by atoms with Gasteiger partial charge in [0.15, 0.2) is 0 Å². The van der Waals surface area contributed by atoms with Gasteiger partial charge in [-0.1, -0.05) is 13.8 Å². The van der Waals surface area contributed by atoms with Gasteiger partial charge >= 0.3 is 0 Å². The number of nitrogens with two attached hydrogens (primary N) is 1. The van der Waals surface area contributed by atoms with Crippen molar-refractivity contribution in [2.24, 2.45) is 17.6 Å². The van der Waals surface area contributed by atoms with E-state index in [1.165, 1.54) is 0 Å². The number of aliphatic hydroxyl groups excluding tert-OH is 1. The van der Waals surface area contributed by atoms with Gasteiger partial charge in [0.1, 0.15) is 0 Å². The predicted octanol–water partition coefficient (Wildman–Crippen LogP) is 0.981. The van der Waals surface area contributed by atoms with Crippen LogP contribution in [0, 0.1) is 11.8 Å². The second-order valence-electron chi connectivity index (χ2n) is 5.50. The highest BCUT2D eigenvalue weighted by Crippen LogP contribution is 2.21. The third-order valence-electron chi connectivity index (χ3n) is 3.51. The molecule has 100 valence electrons. The van der Waals surface area contributed by atoms with Crippen LogP contribution in [0.5, 0.6) is 0 Å². The standard InChI is InChI=1S/C13H26N2O2/c1-10(2)6-11(8-14)7-13(17)15-5-3-4-12(15)9-16/h10-12,16H,3-9,14H2,1-2H3/t11-,12+/m0/s1. The average molecular weight is 242 g/mol. The summed E-state index contributed by atoms with van der Waals surface area (Å²) in [6.07, 6.45) is 3.47. The van der Waals surface area contributed by atoms with Crippen molar-refractivity contribution in [2.75, 3.05) is 19.7 Å².